The molecule has 0 radical (unpaired) electrons. The van der Waals surface area contributed by atoms with Crippen LogP contribution in [0.3, 0.4) is 0 Å². The van der Waals surface area contributed by atoms with Crippen molar-refractivity contribution in [2.45, 2.75) is 37.0 Å². The van der Waals surface area contributed by atoms with E-state index in [2.05, 4.69) is 25.5 Å². The van der Waals surface area contributed by atoms with Crippen molar-refractivity contribution < 1.29 is 24.1 Å². The molecule has 1 atom stereocenters. The second-order valence-electron chi connectivity index (χ2n) is 8.66. The number of hydrogen-bond acceptors (Lipinski definition) is 9. The second kappa shape index (κ2) is 11.4. The Morgan fingerprint density at radius 3 is 2.54 bits per heavy atom. The molecule has 37 heavy (non-hydrogen) atoms. The van der Waals surface area contributed by atoms with E-state index in [0.29, 0.717) is 41.5 Å². The number of rotatable bonds is 10. The number of benzene rings is 2. The first-order valence-corrected chi connectivity index (χ1v) is 13.3. The van der Waals surface area contributed by atoms with E-state index in [-0.39, 0.29) is 24.0 Å². The lowest BCUT2D eigenvalue weighted by atomic mass is 10.1. The molecule has 0 amide bonds. The van der Waals surface area contributed by atoms with Crippen LogP contribution in [0, 0.1) is 12.7 Å². The Morgan fingerprint density at radius 1 is 1.14 bits per heavy atom. The molecule has 0 saturated carbocycles. The average Bonchev–Trinajstić information content (AvgIpc) is 3.37. The molecule has 4 aromatic rings. The number of hydrogen-bond donors (Lipinski definition) is 3. The van der Waals surface area contributed by atoms with Crippen molar-refractivity contribution >= 4 is 10.6 Å². The highest BCUT2D eigenvalue weighted by Crippen LogP contribution is 2.53. The maximum atomic E-state index is 14.6. The quantitative estimate of drug-likeness (QED) is 0.233. The smallest absolute Gasteiger partial charge is 0.268 e. The first-order chi connectivity index (χ1) is 17.7. The van der Waals surface area contributed by atoms with Crippen LogP contribution in [0.1, 0.15) is 26.0 Å². The molecule has 0 aliphatic carbocycles. The molecule has 0 aliphatic rings. The van der Waals surface area contributed by atoms with Crippen LogP contribution in [0.5, 0.6) is 0 Å². The largest absolute Gasteiger partial charge is 0.414 e. The predicted molar refractivity (Wildman–Crippen MR) is 143 cm³/mol. The van der Waals surface area contributed by atoms with Gasteiger partial charge < -0.3 is 14.5 Å². The Balaban J connectivity index is 0.00000400. The first kappa shape index (κ1) is 26.8. The molecule has 11 heteroatoms. The summed E-state index contributed by atoms with van der Waals surface area (Å²) in [5.74, 6) is -0.285. The van der Waals surface area contributed by atoms with Gasteiger partial charge in [0, 0.05) is 27.3 Å². The number of ether oxygens (including phenoxy) is 1. The molecule has 2 aromatic carbocycles. The second-order valence-corrected chi connectivity index (χ2v) is 11.1. The van der Waals surface area contributed by atoms with Gasteiger partial charge in [-0.25, -0.2) is 9.37 Å². The molecule has 0 bridgehead atoms. The third kappa shape index (κ3) is 5.86. The molecule has 198 valence electrons. The van der Waals surface area contributed by atoms with E-state index in [4.69, 9.17) is 9.15 Å². The van der Waals surface area contributed by atoms with Gasteiger partial charge in [-0.05, 0) is 57.1 Å². The summed E-state index contributed by atoms with van der Waals surface area (Å²) in [7, 11) is 0.391. The van der Waals surface area contributed by atoms with Gasteiger partial charge in [0.15, 0.2) is 0 Å². The van der Waals surface area contributed by atoms with Crippen molar-refractivity contribution in [3.8, 4) is 34.3 Å². The van der Waals surface area contributed by atoms with Crippen LogP contribution < -0.4 is 5.32 Å². The van der Waals surface area contributed by atoms with Crippen LogP contribution in [0.4, 0.5) is 4.39 Å². The van der Waals surface area contributed by atoms with E-state index in [1.165, 1.54) is 6.07 Å². The maximum Gasteiger partial charge on any atom is 0.268 e. The fourth-order valence-electron chi connectivity index (χ4n) is 3.77. The first-order valence-electron chi connectivity index (χ1n) is 11.7. The van der Waals surface area contributed by atoms with E-state index in [1.807, 2.05) is 0 Å². The standard InChI is InChI=1S/C26H30FN5O4S.H2/c1-16(11-12-35-4)37(33,34)20-8-6-19(7-9-20)23-15-29-17(2)24(30-23)26-32-31-25(36-26)21-10-5-18(14-28-3)13-22(21)27;/h5-10,13,15-16,28,33-34H,11-12,14H2,1-4H3;1H. The van der Waals surface area contributed by atoms with Gasteiger partial charge in [0.25, 0.3) is 11.8 Å². The molecule has 0 aliphatic heterocycles. The summed E-state index contributed by atoms with van der Waals surface area (Å²) in [6.07, 6.45) is 2.15. The molecule has 2 aromatic heterocycles. The normalized spacial score (nSPS) is 13.1. The number of nitrogens with zero attached hydrogens (tertiary/aromatic N) is 4. The fourth-order valence-corrected chi connectivity index (χ4v) is 5.20. The lowest BCUT2D eigenvalue weighted by Gasteiger charge is -2.38. The minimum Gasteiger partial charge on any atom is -0.414 e. The van der Waals surface area contributed by atoms with E-state index in [0.717, 1.165) is 11.1 Å². The fraction of sp³-hybridized carbons (Fsp3) is 0.308. The maximum absolute atomic E-state index is 14.6. The van der Waals surface area contributed by atoms with Crippen LogP contribution in [0.2, 0.25) is 0 Å². The third-order valence-electron chi connectivity index (χ3n) is 6.01. The molecule has 4 rings (SSSR count). The van der Waals surface area contributed by atoms with Crippen molar-refractivity contribution in [1.82, 2.24) is 25.5 Å². The molecule has 3 N–H and O–H groups in total. The van der Waals surface area contributed by atoms with Gasteiger partial charge in [0.1, 0.15) is 11.5 Å². The summed E-state index contributed by atoms with van der Waals surface area (Å²) < 4.78 is 46.9. The molecule has 2 heterocycles. The number of halogens is 1. The van der Waals surface area contributed by atoms with Gasteiger partial charge in [0.05, 0.1) is 33.3 Å². The van der Waals surface area contributed by atoms with Crippen LogP contribution in [-0.4, -0.2) is 55.3 Å². The van der Waals surface area contributed by atoms with E-state index in [1.54, 1.807) is 70.6 Å². The lowest BCUT2D eigenvalue weighted by molar-refractivity contribution is 0.193. The Bertz CT molecular complexity index is 1370. The minimum atomic E-state index is -2.98. The van der Waals surface area contributed by atoms with Gasteiger partial charge in [-0.1, -0.05) is 18.2 Å². The molecule has 0 saturated heterocycles. The average molecular weight is 530 g/mol. The third-order valence-corrected chi connectivity index (χ3v) is 8.34. The van der Waals surface area contributed by atoms with Crippen LogP contribution in [0.25, 0.3) is 34.3 Å². The highest BCUT2D eigenvalue weighted by molar-refractivity contribution is 8.24. The van der Waals surface area contributed by atoms with E-state index < -0.39 is 16.4 Å². The summed E-state index contributed by atoms with van der Waals surface area (Å²) in [5.41, 5.74) is 3.22. The SMILES string of the molecule is CNCc1ccc(-c2nnc(-c3nc(-c4ccc(S(O)(O)C(C)CCOC)cc4)cnc3C)o2)c(F)c1.[HH]. The number of aryl methyl sites for hydroxylation is 1. The summed E-state index contributed by atoms with van der Waals surface area (Å²) in [6, 6.07) is 11.7. The molecular formula is C26H32FN5O4S. The number of nitrogens with one attached hydrogen (secondary N) is 1. The van der Waals surface area contributed by atoms with Gasteiger partial charge in [-0.15, -0.1) is 10.2 Å². The Kier molecular flexibility index (Phi) is 8.30. The molecule has 0 spiro atoms. The highest BCUT2D eigenvalue weighted by atomic mass is 32.3. The zero-order valence-electron chi connectivity index (χ0n) is 21.1. The van der Waals surface area contributed by atoms with Crippen molar-refractivity contribution in [1.29, 1.82) is 0 Å². The van der Waals surface area contributed by atoms with Crippen LogP contribution >= 0.6 is 10.6 Å². The van der Waals surface area contributed by atoms with Crippen molar-refractivity contribution in [3.63, 3.8) is 0 Å². The zero-order chi connectivity index (χ0) is 26.6. The monoisotopic (exact) mass is 529 g/mol. The number of methoxy groups -OCH3 is 1. The van der Waals surface area contributed by atoms with Gasteiger partial charge in [-0.2, -0.15) is 10.6 Å². The summed E-state index contributed by atoms with van der Waals surface area (Å²) in [6.45, 7) is 4.55. The topological polar surface area (TPSA) is 126 Å². The zero-order valence-corrected chi connectivity index (χ0v) is 21.9. The minimum absolute atomic E-state index is 0. The van der Waals surface area contributed by atoms with Gasteiger partial charge in [0.2, 0.25) is 0 Å². The summed E-state index contributed by atoms with van der Waals surface area (Å²) in [4.78, 5) is 9.52. The van der Waals surface area contributed by atoms with Crippen LogP contribution in [0.15, 0.2) is 58.0 Å². The Hall–Kier alpha value is -3.22. The molecular weight excluding hydrogens is 497 g/mol. The molecule has 9 nitrogen and oxygen atoms in total. The van der Waals surface area contributed by atoms with Gasteiger partial charge >= 0.3 is 0 Å². The van der Waals surface area contributed by atoms with Crippen LogP contribution in [-0.2, 0) is 11.3 Å². The van der Waals surface area contributed by atoms with Crippen molar-refractivity contribution in [3.05, 3.63) is 65.7 Å². The van der Waals surface area contributed by atoms with Gasteiger partial charge in [-0.3, -0.25) is 14.1 Å². The van der Waals surface area contributed by atoms with E-state index in [9.17, 15) is 13.5 Å². The highest BCUT2D eigenvalue weighted by Gasteiger charge is 2.24. The lowest BCUT2D eigenvalue weighted by Crippen LogP contribution is -2.16. The van der Waals surface area contributed by atoms with Crippen molar-refractivity contribution in [2.24, 2.45) is 0 Å². The number of aromatic nitrogens is 4. The predicted octanol–water partition coefficient (Wildman–Crippen LogP) is 5.81. The Morgan fingerprint density at radius 2 is 1.86 bits per heavy atom. The molecule has 1 unspecified atom stereocenters. The van der Waals surface area contributed by atoms with Crippen molar-refractivity contribution in [2.75, 3.05) is 20.8 Å². The molecule has 0 fully saturated rings. The summed E-state index contributed by atoms with van der Waals surface area (Å²) >= 11 is 0. The van der Waals surface area contributed by atoms with E-state index >= 15 is 0 Å². The Labute approximate surface area is 218 Å². The summed E-state index contributed by atoms with van der Waals surface area (Å²) in [5, 5.41) is 10.7.